The van der Waals surface area contributed by atoms with E-state index in [1.54, 1.807) is 47.4 Å². The van der Waals surface area contributed by atoms with Crippen molar-refractivity contribution in [2.24, 2.45) is 0 Å². The maximum absolute atomic E-state index is 12.6. The highest BCUT2D eigenvalue weighted by Gasteiger charge is 2.26. The zero-order valence-corrected chi connectivity index (χ0v) is 18.7. The molecule has 0 bridgehead atoms. The lowest BCUT2D eigenvalue weighted by Gasteiger charge is -2.30. The van der Waals surface area contributed by atoms with Gasteiger partial charge in [-0.1, -0.05) is 11.6 Å². The van der Waals surface area contributed by atoms with Crippen molar-refractivity contribution in [1.29, 1.82) is 0 Å². The fourth-order valence-corrected chi connectivity index (χ4v) is 3.53. The van der Waals surface area contributed by atoms with Crippen molar-refractivity contribution in [2.75, 3.05) is 30.0 Å². The van der Waals surface area contributed by atoms with Crippen LogP contribution in [0.2, 0.25) is 5.02 Å². The van der Waals surface area contributed by atoms with Crippen molar-refractivity contribution >= 4 is 40.5 Å². The topological polar surface area (TPSA) is 111 Å². The van der Waals surface area contributed by atoms with Gasteiger partial charge in [-0.25, -0.2) is 0 Å². The van der Waals surface area contributed by atoms with Crippen LogP contribution in [-0.4, -0.2) is 36.5 Å². The van der Waals surface area contributed by atoms with E-state index in [1.165, 1.54) is 24.3 Å². The van der Waals surface area contributed by atoms with Gasteiger partial charge in [-0.3, -0.25) is 19.7 Å². The molecule has 0 aromatic heterocycles. The largest absolute Gasteiger partial charge is 0.494 e. The van der Waals surface area contributed by atoms with Gasteiger partial charge in [-0.15, -0.1) is 0 Å². The molecule has 4 rings (SSSR count). The van der Waals surface area contributed by atoms with Gasteiger partial charge in [0.2, 0.25) is 0 Å². The van der Waals surface area contributed by atoms with E-state index >= 15 is 0 Å². The molecule has 1 aliphatic heterocycles. The minimum absolute atomic E-state index is 0.0699. The third-order valence-electron chi connectivity index (χ3n) is 5.11. The Hall–Kier alpha value is -4.11. The second-order valence-corrected chi connectivity index (χ2v) is 7.87. The number of fused-ring (bicyclic) bond motifs is 1. The van der Waals surface area contributed by atoms with E-state index in [1.807, 2.05) is 0 Å². The van der Waals surface area contributed by atoms with Gasteiger partial charge in [0.05, 0.1) is 17.2 Å². The molecule has 0 saturated carbocycles. The minimum atomic E-state index is -0.530. The molecule has 0 aliphatic carbocycles. The molecule has 1 N–H and O–H groups in total. The number of nitrogens with zero attached hydrogens (tertiary/aromatic N) is 2. The van der Waals surface area contributed by atoms with Gasteiger partial charge in [-0.2, -0.15) is 0 Å². The zero-order valence-electron chi connectivity index (χ0n) is 17.9. The minimum Gasteiger partial charge on any atom is -0.494 e. The normalized spacial score (nSPS) is 12.5. The summed E-state index contributed by atoms with van der Waals surface area (Å²) in [6, 6.07) is 17.3. The number of hydrogen-bond acceptors (Lipinski definition) is 6. The zero-order chi connectivity index (χ0) is 24.1. The third kappa shape index (κ3) is 5.44. The Labute approximate surface area is 200 Å². The second-order valence-electron chi connectivity index (χ2n) is 7.43. The number of hydrogen-bond donors (Lipinski definition) is 1. The molecule has 0 unspecified atom stereocenters. The average Bonchev–Trinajstić information content (AvgIpc) is 2.84. The maximum Gasteiger partial charge on any atom is 0.269 e. The molecule has 0 saturated heterocycles. The van der Waals surface area contributed by atoms with Crippen LogP contribution in [-0.2, 0) is 4.79 Å². The molecule has 0 fully saturated rings. The molecule has 1 aliphatic rings. The van der Waals surface area contributed by atoms with E-state index in [4.69, 9.17) is 21.1 Å². The molecule has 0 atom stereocenters. The van der Waals surface area contributed by atoms with E-state index in [9.17, 15) is 19.7 Å². The fourth-order valence-electron chi connectivity index (χ4n) is 3.41. The van der Waals surface area contributed by atoms with Gasteiger partial charge in [0.15, 0.2) is 6.61 Å². The summed E-state index contributed by atoms with van der Waals surface area (Å²) in [5.74, 6) is 0.597. The lowest BCUT2D eigenvalue weighted by Crippen LogP contribution is -2.39. The Balaban J connectivity index is 1.41. The number of nitro groups is 1. The number of carbonyl (C=O) groups excluding carboxylic acids is 2. The first-order chi connectivity index (χ1) is 16.4. The molecule has 0 spiro atoms. The van der Waals surface area contributed by atoms with Crippen LogP contribution in [0.4, 0.5) is 17.1 Å². The van der Waals surface area contributed by atoms with Gasteiger partial charge >= 0.3 is 0 Å². The monoisotopic (exact) mass is 481 g/mol. The number of ether oxygens (including phenoxy) is 2. The summed E-state index contributed by atoms with van der Waals surface area (Å²) in [5, 5.41) is 14.2. The molecule has 174 valence electrons. The first-order valence-corrected chi connectivity index (χ1v) is 10.8. The number of benzene rings is 3. The molecule has 0 radical (unpaired) electrons. The van der Waals surface area contributed by atoms with Gasteiger partial charge in [-0.05, 0) is 61.0 Å². The number of anilines is 2. The smallest absolute Gasteiger partial charge is 0.269 e. The molecule has 3 aromatic carbocycles. The molecule has 2 amide bonds. The predicted molar refractivity (Wildman–Crippen MR) is 127 cm³/mol. The standard InChI is InChI=1S/C24H20ClN3O6/c25-17-4-9-20(10-5-17)33-13-1-12-27-21-14-18(6-11-22(21)34-15-23(27)29)26-24(30)16-2-7-19(8-3-16)28(31)32/h2-11,14H,1,12-13,15H2,(H,26,30). The first kappa shape index (κ1) is 23.1. The number of amides is 2. The van der Waals surface area contributed by atoms with E-state index in [-0.39, 0.29) is 23.8 Å². The van der Waals surface area contributed by atoms with Crippen molar-refractivity contribution in [3.05, 3.63) is 87.4 Å². The molecule has 34 heavy (non-hydrogen) atoms. The van der Waals surface area contributed by atoms with Crippen LogP contribution in [0.3, 0.4) is 0 Å². The van der Waals surface area contributed by atoms with Crippen LogP contribution in [0.1, 0.15) is 16.8 Å². The van der Waals surface area contributed by atoms with Crippen molar-refractivity contribution in [3.8, 4) is 11.5 Å². The van der Waals surface area contributed by atoms with Crippen molar-refractivity contribution in [2.45, 2.75) is 6.42 Å². The Morgan fingerprint density at radius 2 is 1.85 bits per heavy atom. The summed E-state index contributed by atoms with van der Waals surface area (Å²) in [5.41, 5.74) is 1.18. The van der Waals surface area contributed by atoms with Crippen LogP contribution in [0.5, 0.6) is 11.5 Å². The van der Waals surface area contributed by atoms with Crippen LogP contribution >= 0.6 is 11.6 Å². The highest BCUT2D eigenvalue weighted by molar-refractivity contribution is 6.30. The predicted octanol–water partition coefficient (Wildman–Crippen LogP) is 4.70. The molecule has 9 nitrogen and oxygen atoms in total. The lowest BCUT2D eigenvalue weighted by molar-refractivity contribution is -0.384. The Bertz CT molecular complexity index is 1210. The van der Waals surface area contributed by atoms with Crippen molar-refractivity contribution in [1.82, 2.24) is 0 Å². The third-order valence-corrected chi connectivity index (χ3v) is 5.36. The highest BCUT2D eigenvalue weighted by atomic mass is 35.5. The van der Waals surface area contributed by atoms with Gasteiger partial charge in [0.1, 0.15) is 11.5 Å². The molecular formula is C24H20ClN3O6. The summed E-state index contributed by atoms with van der Waals surface area (Å²) >= 11 is 5.87. The highest BCUT2D eigenvalue weighted by Crippen LogP contribution is 2.35. The first-order valence-electron chi connectivity index (χ1n) is 10.4. The molecular weight excluding hydrogens is 462 g/mol. The van der Waals surface area contributed by atoms with Gasteiger partial charge in [0, 0.05) is 35.0 Å². The molecule has 3 aromatic rings. The average molecular weight is 482 g/mol. The summed E-state index contributed by atoms with van der Waals surface area (Å²) in [6.07, 6.45) is 0.577. The number of halogens is 1. The maximum atomic E-state index is 12.6. The second kappa shape index (κ2) is 10.2. The van der Waals surface area contributed by atoms with E-state index in [0.29, 0.717) is 47.5 Å². The Morgan fingerprint density at radius 1 is 1.12 bits per heavy atom. The number of non-ortho nitro benzene ring substituents is 1. The molecule has 10 heteroatoms. The molecule has 1 heterocycles. The summed E-state index contributed by atoms with van der Waals surface area (Å²) in [7, 11) is 0. The van der Waals surface area contributed by atoms with Crippen molar-refractivity contribution in [3.63, 3.8) is 0 Å². The summed E-state index contributed by atoms with van der Waals surface area (Å²) in [4.78, 5) is 36.9. The van der Waals surface area contributed by atoms with Crippen molar-refractivity contribution < 1.29 is 24.0 Å². The number of nitrogens with one attached hydrogen (secondary N) is 1. The van der Waals surface area contributed by atoms with Gasteiger partial charge < -0.3 is 19.7 Å². The SMILES string of the molecule is O=C(Nc1ccc2c(c1)N(CCCOc1ccc(Cl)cc1)C(=O)CO2)c1ccc([N+](=O)[O-])cc1. The summed E-state index contributed by atoms with van der Waals surface area (Å²) < 4.78 is 11.2. The number of carbonyl (C=O) groups is 2. The van der Waals surface area contributed by atoms with Crippen LogP contribution in [0, 0.1) is 10.1 Å². The quantitative estimate of drug-likeness (QED) is 0.284. The number of nitro benzene ring substituents is 1. The Kier molecular flexibility index (Phi) is 6.93. The lowest BCUT2D eigenvalue weighted by atomic mass is 10.1. The summed E-state index contributed by atoms with van der Waals surface area (Å²) in [6.45, 7) is 0.736. The van der Waals surface area contributed by atoms with Crippen LogP contribution in [0.15, 0.2) is 66.7 Å². The van der Waals surface area contributed by atoms with E-state index in [0.717, 1.165) is 0 Å². The van der Waals surface area contributed by atoms with E-state index in [2.05, 4.69) is 5.32 Å². The van der Waals surface area contributed by atoms with Crippen LogP contribution < -0.4 is 19.7 Å². The number of rotatable bonds is 8. The fraction of sp³-hybridized carbons (Fsp3) is 0.167. The Morgan fingerprint density at radius 3 is 2.56 bits per heavy atom. The van der Waals surface area contributed by atoms with E-state index < -0.39 is 10.8 Å². The van der Waals surface area contributed by atoms with Gasteiger partial charge in [0.25, 0.3) is 17.5 Å². The van der Waals surface area contributed by atoms with Crippen LogP contribution in [0.25, 0.3) is 0 Å².